The number of rotatable bonds is 3. The van der Waals surface area contributed by atoms with E-state index in [1.165, 1.54) is 23.9 Å². The van der Waals surface area contributed by atoms with Crippen LogP contribution in [0.3, 0.4) is 0 Å². The quantitative estimate of drug-likeness (QED) is 0.760. The molecule has 0 bridgehead atoms. The number of hydrogen-bond acceptors (Lipinski definition) is 2. The molecule has 0 aromatic heterocycles. The molecule has 0 fully saturated rings. The van der Waals surface area contributed by atoms with Crippen molar-refractivity contribution >= 4 is 17.7 Å². The average Bonchev–Trinajstić information content (AvgIpc) is 2.08. The van der Waals surface area contributed by atoms with Crippen molar-refractivity contribution in [3.05, 3.63) is 29.6 Å². The molecule has 4 heteroatoms. The minimum atomic E-state index is -1.02. The van der Waals surface area contributed by atoms with Gasteiger partial charge in [-0.1, -0.05) is 6.07 Å². The summed E-state index contributed by atoms with van der Waals surface area (Å²) < 4.78 is 13.1. The number of benzene rings is 1. The third-order valence-electron chi connectivity index (χ3n) is 1.60. The lowest BCUT2D eigenvalue weighted by atomic mass is 10.1. The fourth-order valence-corrected chi connectivity index (χ4v) is 1.39. The van der Waals surface area contributed by atoms with Crippen LogP contribution in [0.15, 0.2) is 23.1 Å². The number of carboxylic acid groups (broad SMARTS) is 1. The van der Waals surface area contributed by atoms with Crippen molar-refractivity contribution in [2.24, 2.45) is 0 Å². The normalized spacial score (nSPS) is 10.0. The molecule has 1 aromatic carbocycles. The highest BCUT2D eigenvalue weighted by atomic mass is 32.2. The number of carboxylic acids is 1. The second kappa shape index (κ2) is 4.28. The largest absolute Gasteiger partial charge is 0.481 e. The zero-order chi connectivity index (χ0) is 9.84. The summed E-state index contributed by atoms with van der Waals surface area (Å²) in [5.41, 5.74) is 0.227. The summed E-state index contributed by atoms with van der Waals surface area (Å²) in [6.07, 6.45) is 1.58. The van der Waals surface area contributed by atoms with Crippen molar-refractivity contribution in [2.45, 2.75) is 11.3 Å². The molecular weight excluding hydrogens is 191 g/mol. The summed E-state index contributed by atoms with van der Waals surface area (Å²) >= 11 is 1.42. The van der Waals surface area contributed by atoms with Crippen LogP contribution < -0.4 is 0 Å². The molecule has 0 aliphatic carbocycles. The maximum Gasteiger partial charge on any atom is 0.307 e. The third-order valence-corrected chi connectivity index (χ3v) is 2.33. The predicted octanol–water partition coefficient (Wildman–Crippen LogP) is 2.17. The maximum absolute atomic E-state index is 13.1. The average molecular weight is 200 g/mol. The Morgan fingerprint density at radius 1 is 1.62 bits per heavy atom. The summed E-state index contributed by atoms with van der Waals surface area (Å²) in [5.74, 6) is -1.47. The number of hydrogen-bond donors (Lipinski definition) is 1. The molecule has 0 saturated carbocycles. The highest BCUT2D eigenvalue weighted by Gasteiger charge is 2.06. The van der Waals surface area contributed by atoms with Crippen LogP contribution in [-0.4, -0.2) is 17.3 Å². The molecule has 1 aromatic rings. The van der Waals surface area contributed by atoms with Gasteiger partial charge in [0.2, 0.25) is 0 Å². The Bertz CT molecular complexity index is 325. The highest BCUT2D eigenvalue weighted by molar-refractivity contribution is 7.98. The molecule has 0 aliphatic rings. The second-order valence-electron chi connectivity index (χ2n) is 2.53. The van der Waals surface area contributed by atoms with Crippen LogP contribution in [0.5, 0.6) is 0 Å². The van der Waals surface area contributed by atoms with Crippen molar-refractivity contribution in [3.63, 3.8) is 0 Å². The minimum absolute atomic E-state index is 0.227. The van der Waals surface area contributed by atoms with Gasteiger partial charge < -0.3 is 5.11 Å². The Balaban J connectivity index is 2.91. The van der Waals surface area contributed by atoms with Crippen LogP contribution in [-0.2, 0) is 11.2 Å². The first-order valence-corrected chi connectivity index (χ1v) is 4.90. The molecule has 0 spiro atoms. The minimum Gasteiger partial charge on any atom is -0.481 e. The van der Waals surface area contributed by atoms with Gasteiger partial charge in [0.25, 0.3) is 0 Å². The maximum atomic E-state index is 13.1. The zero-order valence-corrected chi connectivity index (χ0v) is 7.90. The van der Waals surface area contributed by atoms with Gasteiger partial charge in [0, 0.05) is 4.90 Å². The van der Waals surface area contributed by atoms with Crippen molar-refractivity contribution in [1.82, 2.24) is 0 Å². The lowest BCUT2D eigenvalue weighted by Crippen LogP contribution is -2.02. The van der Waals surface area contributed by atoms with Gasteiger partial charge in [-0.2, -0.15) is 0 Å². The van der Waals surface area contributed by atoms with Crippen LogP contribution in [0.25, 0.3) is 0 Å². The number of aliphatic carboxylic acids is 1. The Labute approximate surface area is 79.8 Å². The SMILES string of the molecule is CSc1ccc(CC(=O)O)c(F)c1. The van der Waals surface area contributed by atoms with Gasteiger partial charge in [-0.25, -0.2) is 4.39 Å². The lowest BCUT2D eigenvalue weighted by Gasteiger charge is -2.01. The molecule has 0 saturated heterocycles. The van der Waals surface area contributed by atoms with Gasteiger partial charge in [-0.05, 0) is 24.0 Å². The molecule has 0 atom stereocenters. The van der Waals surface area contributed by atoms with Gasteiger partial charge >= 0.3 is 5.97 Å². The summed E-state index contributed by atoms with van der Waals surface area (Å²) in [6, 6.07) is 4.57. The fraction of sp³-hybridized carbons (Fsp3) is 0.222. The molecule has 1 N–H and O–H groups in total. The van der Waals surface area contributed by atoms with Gasteiger partial charge in [0.1, 0.15) is 5.82 Å². The van der Waals surface area contributed by atoms with Crippen LogP contribution in [0.2, 0.25) is 0 Å². The molecule has 2 nitrogen and oxygen atoms in total. The summed E-state index contributed by atoms with van der Waals surface area (Å²) in [5, 5.41) is 8.45. The van der Waals surface area contributed by atoms with Crippen LogP contribution in [0.1, 0.15) is 5.56 Å². The molecule has 0 unspecified atom stereocenters. The zero-order valence-electron chi connectivity index (χ0n) is 7.08. The standard InChI is InChI=1S/C9H9FO2S/c1-13-7-3-2-6(4-9(11)12)8(10)5-7/h2-3,5H,4H2,1H3,(H,11,12). The van der Waals surface area contributed by atoms with Crippen LogP contribution >= 0.6 is 11.8 Å². The van der Waals surface area contributed by atoms with Crippen molar-refractivity contribution in [3.8, 4) is 0 Å². The van der Waals surface area contributed by atoms with E-state index in [-0.39, 0.29) is 12.0 Å². The summed E-state index contributed by atoms with van der Waals surface area (Å²) in [4.78, 5) is 11.1. The van der Waals surface area contributed by atoms with E-state index < -0.39 is 11.8 Å². The van der Waals surface area contributed by atoms with Gasteiger partial charge in [-0.15, -0.1) is 11.8 Å². The first-order valence-electron chi connectivity index (χ1n) is 3.67. The number of thioether (sulfide) groups is 1. The van der Waals surface area contributed by atoms with E-state index in [0.717, 1.165) is 4.90 Å². The Kier molecular flexibility index (Phi) is 3.31. The first kappa shape index (κ1) is 10.1. The molecular formula is C9H9FO2S. The Morgan fingerprint density at radius 2 is 2.31 bits per heavy atom. The van der Waals surface area contributed by atoms with Gasteiger partial charge in [-0.3, -0.25) is 4.79 Å². The van der Waals surface area contributed by atoms with Gasteiger partial charge in [0.15, 0.2) is 0 Å². The van der Waals surface area contributed by atoms with Crippen molar-refractivity contribution < 1.29 is 14.3 Å². The molecule has 70 valence electrons. The Hall–Kier alpha value is -1.03. The van der Waals surface area contributed by atoms with Gasteiger partial charge in [0.05, 0.1) is 6.42 Å². The van der Waals surface area contributed by atoms with E-state index in [2.05, 4.69) is 0 Å². The monoisotopic (exact) mass is 200 g/mol. The molecule has 0 aliphatic heterocycles. The van der Waals surface area contributed by atoms with Crippen LogP contribution in [0, 0.1) is 5.82 Å². The smallest absolute Gasteiger partial charge is 0.307 e. The topological polar surface area (TPSA) is 37.3 Å². The highest BCUT2D eigenvalue weighted by Crippen LogP contribution is 2.18. The van der Waals surface area contributed by atoms with E-state index in [9.17, 15) is 9.18 Å². The molecule has 0 amide bonds. The van der Waals surface area contributed by atoms with E-state index in [1.54, 1.807) is 6.07 Å². The molecule has 0 heterocycles. The van der Waals surface area contributed by atoms with Crippen molar-refractivity contribution in [1.29, 1.82) is 0 Å². The van der Waals surface area contributed by atoms with E-state index in [0.29, 0.717) is 0 Å². The van der Waals surface area contributed by atoms with E-state index in [4.69, 9.17) is 5.11 Å². The molecule has 1 rings (SSSR count). The number of halogens is 1. The lowest BCUT2D eigenvalue weighted by molar-refractivity contribution is -0.136. The first-order chi connectivity index (χ1) is 6.13. The fourth-order valence-electron chi connectivity index (χ4n) is 0.961. The van der Waals surface area contributed by atoms with E-state index in [1.807, 2.05) is 6.26 Å². The summed E-state index contributed by atoms with van der Waals surface area (Å²) in [7, 11) is 0. The predicted molar refractivity (Wildman–Crippen MR) is 49.5 cm³/mol. The third kappa shape index (κ3) is 2.73. The molecule has 0 radical (unpaired) electrons. The van der Waals surface area contributed by atoms with Crippen molar-refractivity contribution in [2.75, 3.05) is 6.26 Å². The Morgan fingerprint density at radius 3 is 2.77 bits per heavy atom. The second-order valence-corrected chi connectivity index (χ2v) is 3.41. The number of carbonyl (C=O) groups is 1. The summed E-state index contributed by atoms with van der Waals surface area (Å²) in [6.45, 7) is 0. The van der Waals surface area contributed by atoms with Crippen LogP contribution in [0.4, 0.5) is 4.39 Å². The van der Waals surface area contributed by atoms with E-state index >= 15 is 0 Å². The molecule has 13 heavy (non-hydrogen) atoms.